The molecule has 22 heavy (non-hydrogen) atoms. The van der Waals surface area contributed by atoms with Crippen molar-refractivity contribution in [1.29, 1.82) is 0 Å². The van der Waals surface area contributed by atoms with E-state index in [0.717, 1.165) is 38.0 Å². The maximum atomic E-state index is 12.6. The Morgan fingerprint density at radius 1 is 1.05 bits per heavy atom. The van der Waals surface area contributed by atoms with Crippen LogP contribution >= 0.6 is 0 Å². The highest BCUT2D eigenvalue weighted by atomic mass is 16.2. The molecule has 0 radical (unpaired) electrons. The van der Waals surface area contributed by atoms with E-state index in [-0.39, 0.29) is 0 Å². The number of likely N-dealkylation sites (tertiary alicyclic amines) is 2. The van der Waals surface area contributed by atoms with Gasteiger partial charge in [-0.3, -0.25) is 9.69 Å². The summed E-state index contributed by atoms with van der Waals surface area (Å²) in [4.78, 5) is 17.2. The van der Waals surface area contributed by atoms with Gasteiger partial charge in [0.15, 0.2) is 0 Å². The Hall–Kier alpha value is -0.610. The van der Waals surface area contributed by atoms with E-state index in [2.05, 4.69) is 22.0 Å². The first-order valence-corrected chi connectivity index (χ1v) is 9.53. The number of carbonyl (C=O) groups excluding carboxylic acids is 1. The summed E-state index contributed by atoms with van der Waals surface area (Å²) in [6.07, 6.45) is 10.0. The van der Waals surface area contributed by atoms with E-state index < -0.39 is 0 Å². The van der Waals surface area contributed by atoms with Crippen LogP contribution < -0.4 is 5.32 Å². The lowest BCUT2D eigenvalue weighted by molar-refractivity contribution is -0.136. The molecule has 2 atom stereocenters. The lowest BCUT2D eigenvalue weighted by Gasteiger charge is -2.39. The van der Waals surface area contributed by atoms with Crippen molar-refractivity contribution < 1.29 is 4.79 Å². The van der Waals surface area contributed by atoms with Gasteiger partial charge in [-0.05, 0) is 76.9 Å². The van der Waals surface area contributed by atoms with E-state index in [1.807, 2.05) is 0 Å². The Morgan fingerprint density at radius 2 is 1.86 bits per heavy atom. The number of rotatable bonds is 4. The fraction of sp³-hybridized carbons (Fsp3) is 0.944. The van der Waals surface area contributed by atoms with Crippen LogP contribution in [-0.2, 0) is 4.79 Å². The van der Waals surface area contributed by atoms with E-state index in [9.17, 15) is 4.79 Å². The molecule has 0 bridgehead atoms. The Labute approximate surface area is 135 Å². The van der Waals surface area contributed by atoms with Crippen molar-refractivity contribution >= 4 is 5.91 Å². The molecule has 0 aromatic heterocycles. The third-order valence-electron chi connectivity index (χ3n) is 6.08. The van der Waals surface area contributed by atoms with E-state index in [4.69, 9.17) is 0 Å². The van der Waals surface area contributed by atoms with Gasteiger partial charge in [-0.1, -0.05) is 6.92 Å². The Bertz CT molecular complexity index is 359. The van der Waals surface area contributed by atoms with Gasteiger partial charge in [-0.15, -0.1) is 0 Å². The van der Waals surface area contributed by atoms with E-state index in [1.54, 1.807) is 0 Å². The predicted octanol–water partition coefficient (Wildman–Crippen LogP) is 2.24. The first-order valence-electron chi connectivity index (χ1n) is 9.53. The molecule has 0 saturated carbocycles. The highest BCUT2D eigenvalue weighted by molar-refractivity contribution is 5.78. The molecule has 3 heterocycles. The molecule has 4 nitrogen and oxygen atoms in total. The molecule has 0 aromatic rings. The lowest BCUT2D eigenvalue weighted by Crippen LogP contribution is -2.49. The van der Waals surface area contributed by atoms with E-state index >= 15 is 0 Å². The smallest absolute Gasteiger partial charge is 0.236 e. The Balaban J connectivity index is 1.44. The zero-order valence-corrected chi connectivity index (χ0v) is 14.2. The molecule has 126 valence electrons. The van der Waals surface area contributed by atoms with Gasteiger partial charge in [0.25, 0.3) is 0 Å². The zero-order chi connectivity index (χ0) is 15.4. The normalized spacial score (nSPS) is 31.6. The first kappa shape index (κ1) is 16.3. The van der Waals surface area contributed by atoms with Crippen LogP contribution in [0.25, 0.3) is 0 Å². The van der Waals surface area contributed by atoms with Crippen molar-refractivity contribution in [2.75, 3.05) is 32.7 Å². The second-order valence-electron chi connectivity index (χ2n) is 7.46. The van der Waals surface area contributed by atoms with Gasteiger partial charge in [-0.2, -0.15) is 0 Å². The van der Waals surface area contributed by atoms with Gasteiger partial charge >= 0.3 is 0 Å². The van der Waals surface area contributed by atoms with Crippen LogP contribution in [0.5, 0.6) is 0 Å². The van der Waals surface area contributed by atoms with E-state index in [0.29, 0.717) is 18.5 Å². The van der Waals surface area contributed by atoms with Crippen LogP contribution in [0.15, 0.2) is 0 Å². The Morgan fingerprint density at radius 3 is 2.55 bits per heavy atom. The highest BCUT2D eigenvalue weighted by Crippen LogP contribution is 2.26. The summed E-state index contributed by atoms with van der Waals surface area (Å²) in [5, 5.41) is 3.65. The average molecular weight is 307 g/mol. The zero-order valence-electron chi connectivity index (χ0n) is 14.2. The minimum Gasteiger partial charge on any atom is -0.339 e. The van der Waals surface area contributed by atoms with Crippen LogP contribution in [-0.4, -0.2) is 60.5 Å². The summed E-state index contributed by atoms with van der Waals surface area (Å²) in [5.41, 5.74) is 0. The van der Waals surface area contributed by atoms with Gasteiger partial charge in [-0.25, -0.2) is 0 Å². The summed E-state index contributed by atoms with van der Waals surface area (Å²) in [5.74, 6) is 1.22. The molecule has 3 aliphatic rings. The van der Waals surface area contributed by atoms with Crippen molar-refractivity contribution in [2.45, 2.75) is 70.4 Å². The Kier molecular flexibility index (Phi) is 5.75. The van der Waals surface area contributed by atoms with Crippen molar-refractivity contribution in [2.24, 2.45) is 5.92 Å². The van der Waals surface area contributed by atoms with E-state index in [1.165, 1.54) is 51.5 Å². The van der Waals surface area contributed by atoms with Gasteiger partial charge in [0.05, 0.1) is 6.54 Å². The number of piperidine rings is 2. The molecule has 2 unspecified atom stereocenters. The molecule has 3 fully saturated rings. The van der Waals surface area contributed by atoms with Crippen LogP contribution in [0.1, 0.15) is 58.3 Å². The average Bonchev–Trinajstić information content (AvgIpc) is 3.10. The summed E-state index contributed by atoms with van der Waals surface area (Å²) < 4.78 is 0. The van der Waals surface area contributed by atoms with Crippen LogP contribution in [0.2, 0.25) is 0 Å². The molecular weight excluding hydrogens is 274 g/mol. The van der Waals surface area contributed by atoms with Crippen molar-refractivity contribution in [3.05, 3.63) is 0 Å². The van der Waals surface area contributed by atoms with Gasteiger partial charge in [0.1, 0.15) is 0 Å². The minimum atomic E-state index is 0.379. The SMILES string of the molecule is CCC1CCCCN1C(=O)CN1CCC(C2CCCN2)CC1. The molecule has 1 amide bonds. The van der Waals surface area contributed by atoms with Gasteiger partial charge in [0, 0.05) is 18.6 Å². The number of nitrogens with one attached hydrogen (secondary N) is 1. The topological polar surface area (TPSA) is 35.6 Å². The summed E-state index contributed by atoms with van der Waals surface area (Å²) in [6, 6.07) is 1.26. The lowest BCUT2D eigenvalue weighted by atomic mass is 9.88. The minimum absolute atomic E-state index is 0.379. The first-order chi connectivity index (χ1) is 10.8. The standard InChI is InChI=1S/C18H33N3O/c1-2-16-6-3-4-11-21(16)18(22)14-20-12-8-15(9-13-20)17-7-5-10-19-17/h15-17,19H,2-14H2,1H3. The molecule has 3 saturated heterocycles. The van der Waals surface area contributed by atoms with Gasteiger partial charge in [0.2, 0.25) is 5.91 Å². The summed E-state index contributed by atoms with van der Waals surface area (Å²) >= 11 is 0. The summed E-state index contributed by atoms with van der Waals surface area (Å²) in [7, 11) is 0. The molecule has 4 heteroatoms. The molecule has 3 rings (SSSR count). The van der Waals surface area contributed by atoms with Gasteiger partial charge < -0.3 is 10.2 Å². The fourth-order valence-electron chi connectivity index (χ4n) is 4.66. The second kappa shape index (κ2) is 7.78. The van der Waals surface area contributed by atoms with Crippen molar-refractivity contribution in [3.8, 4) is 0 Å². The third kappa shape index (κ3) is 3.83. The van der Waals surface area contributed by atoms with Crippen molar-refractivity contribution in [3.63, 3.8) is 0 Å². The molecular formula is C18H33N3O. The van der Waals surface area contributed by atoms with Crippen LogP contribution in [0.3, 0.4) is 0 Å². The number of hydrogen-bond donors (Lipinski definition) is 1. The summed E-state index contributed by atoms with van der Waals surface area (Å²) in [6.45, 7) is 7.28. The number of amides is 1. The highest BCUT2D eigenvalue weighted by Gasteiger charge is 2.31. The molecule has 3 aliphatic heterocycles. The second-order valence-corrected chi connectivity index (χ2v) is 7.46. The maximum Gasteiger partial charge on any atom is 0.236 e. The molecule has 1 N–H and O–H groups in total. The molecule has 0 aromatic carbocycles. The maximum absolute atomic E-state index is 12.6. The third-order valence-corrected chi connectivity index (χ3v) is 6.08. The molecule has 0 aliphatic carbocycles. The number of hydrogen-bond acceptors (Lipinski definition) is 3. The molecule has 0 spiro atoms. The van der Waals surface area contributed by atoms with Crippen LogP contribution in [0.4, 0.5) is 0 Å². The monoisotopic (exact) mass is 307 g/mol. The van der Waals surface area contributed by atoms with Crippen LogP contribution in [0, 0.1) is 5.92 Å². The number of nitrogens with zero attached hydrogens (tertiary/aromatic N) is 2. The predicted molar refractivity (Wildman–Crippen MR) is 89.8 cm³/mol. The fourth-order valence-corrected chi connectivity index (χ4v) is 4.66. The largest absolute Gasteiger partial charge is 0.339 e. The van der Waals surface area contributed by atoms with Crippen molar-refractivity contribution in [1.82, 2.24) is 15.1 Å². The number of carbonyl (C=O) groups is 1. The quantitative estimate of drug-likeness (QED) is 0.865.